The Morgan fingerprint density at radius 1 is 0.810 bits per heavy atom. The Bertz CT molecular complexity index is 1200. The molecule has 0 amide bonds. The molecule has 4 rings (SSSR count). The molecular formula is C37H52BrNO2Si. The fourth-order valence-corrected chi connectivity index (χ4v) is 7.60. The highest BCUT2D eigenvalue weighted by Crippen LogP contribution is 2.43. The van der Waals surface area contributed by atoms with Crippen molar-refractivity contribution in [1.29, 1.82) is 0 Å². The van der Waals surface area contributed by atoms with E-state index in [0.717, 1.165) is 56.4 Å². The highest BCUT2D eigenvalue weighted by molar-refractivity contribution is 9.09. The van der Waals surface area contributed by atoms with E-state index in [2.05, 4.69) is 117 Å². The van der Waals surface area contributed by atoms with Crippen LogP contribution in [-0.2, 0) is 14.4 Å². The average Bonchev–Trinajstić information content (AvgIpc) is 2.96. The van der Waals surface area contributed by atoms with Crippen molar-refractivity contribution in [3.63, 3.8) is 0 Å². The van der Waals surface area contributed by atoms with Crippen molar-refractivity contribution in [2.45, 2.75) is 94.5 Å². The highest BCUT2D eigenvalue weighted by atomic mass is 79.9. The summed E-state index contributed by atoms with van der Waals surface area (Å²) in [7, 11) is -1.94. The molecule has 1 fully saturated rings. The fourth-order valence-electron chi connectivity index (χ4n) is 6.02. The van der Waals surface area contributed by atoms with Gasteiger partial charge in [-0.2, -0.15) is 0 Å². The number of hydrogen-bond acceptors (Lipinski definition) is 3. The molecule has 3 aromatic carbocycles. The van der Waals surface area contributed by atoms with Gasteiger partial charge in [0.1, 0.15) is 5.60 Å². The monoisotopic (exact) mass is 649 g/mol. The van der Waals surface area contributed by atoms with E-state index in [1.807, 2.05) is 36.4 Å². The highest BCUT2D eigenvalue weighted by Gasteiger charge is 2.42. The van der Waals surface area contributed by atoms with Crippen LogP contribution in [0.15, 0.2) is 84.9 Å². The molecule has 3 nitrogen and oxygen atoms in total. The van der Waals surface area contributed by atoms with Crippen LogP contribution in [0.3, 0.4) is 0 Å². The van der Waals surface area contributed by atoms with Crippen LogP contribution in [-0.4, -0.2) is 38.0 Å². The van der Waals surface area contributed by atoms with Crippen molar-refractivity contribution in [1.82, 2.24) is 4.90 Å². The van der Waals surface area contributed by atoms with Gasteiger partial charge in [-0.05, 0) is 105 Å². The summed E-state index contributed by atoms with van der Waals surface area (Å²) in [6.45, 7) is 19.2. The molecule has 1 atom stereocenters. The topological polar surface area (TPSA) is 32.7 Å². The van der Waals surface area contributed by atoms with Gasteiger partial charge in [0.2, 0.25) is 0 Å². The Hall–Kier alpha value is -1.76. The van der Waals surface area contributed by atoms with Gasteiger partial charge in [0.25, 0.3) is 0 Å². The lowest BCUT2D eigenvalue weighted by Crippen LogP contribution is -2.44. The number of halogens is 1. The molecule has 3 aromatic rings. The summed E-state index contributed by atoms with van der Waals surface area (Å²) < 4.78 is 7.00. The first kappa shape index (κ1) is 33.1. The summed E-state index contributed by atoms with van der Waals surface area (Å²) >= 11 is 3.81. The Morgan fingerprint density at radius 3 is 1.76 bits per heavy atom. The molecule has 0 aliphatic carbocycles. The third kappa shape index (κ3) is 7.84. The fraction of sp³-hybridized carbons (Fsp3) is 0.514. The van der Waals surface area contributed by atoms with Crippen LogP contribution < -0.4 is 0 Å². The first-order chi connectivity index (χ1) is 19.7. The molecule has 5 heteroatoms. The summed E-state index contributed by atoms with van der Waals surface area (Å²) in [5, 5.41) is 12.4. The van der Waals surface area contributed by atoms with Gasteiger partial charge in [0.15, 0.2) is 8.32 Å². The van der Waals surface area contributed by atoms with Crippen LogP contribution in [0.5, 0.6) is 0 Å². The quantitative estimate of drug-likeness (QED) is 0.166. The molecule has 0 bridgehead atoms. The van der Waals surface area contributed by atoms with Gasteiger partial charge in [-0.1, -0.05) is 122 Å². The van der Waals surface area contributed by atoms with Gasteiger partial charge in [0, 0.05) is 4.32 Å². The predicted octanol–water partition coefficient (Wildman–Crippen LogP) is 9.81. The van der Waals surface area contributed by atoms with Crippen LogP contribution in [0.1, 0.15) is 88.7 Å². The van der Waals surface area contributed by atoms with Crippen molar-refractivity contribution >= 4 is 24.2 Å². The maximum absolute atomic E-state index is 12.2. The molecule has 0 spiro atoms. The van der Waals surface area contributed by atoms with Crippen LogP contribution >= 0.6 is 15.9 Å². The summed E-state index contributed by atoms with van der Waals surface area (Å²) in [4.78, 5) is 2.59. The van der Waals surface area contributed by atoms with Crippen molar-refractivity contribution in [2.75, 3.05) is 19.6 Å². The van der Waals surface area contributed by atoms with E-state index in [1.54, 1.807) is 0 Å². The summed E-state index contributed by atoms with van der Waals surface area (Å²) in [5.74, 6) is 0.186. The van der Waals surface area contributed by atoms with Gasteiger partial charge in [-0.3, -0.25) is 0 Å². The minimum atomic E-state index is -1.94. The maximum atomic E-state index is 12.2. The van der Waals surface area contributed by atoms with Crippen LogP contribution in [0.25, 0.3) is 0 Å². The predicted molar refractivity (Wildman–Crippen MR) is 184 cm³/mol. The molecule has 0 saturated carbocycles. The Morgan fingerprint density at radius 2 is 1.31 bits per heavy atom. The minimum Gasteiger partial charge on any atom is -0.410 e. The standard InChI is InChI=1S/C37H52BrNO2Si/c1-35(2,3)42(6,7)41-34(29-20-22-30(23-21-29)36(4,5)38)19-14-26-39-27-24-33(25-28-39)37(40,31-15-10-8-11-16-31)32-17-12-9-13-18-32/h8-13,15-18,20-23,33-34,40H,14,19,24-28H2,1-7H3. The third-order valence-electron chi connectivity index (χ3n) is 9.76. The van der Waals surface area contributed by atoms with Gasteiger partial charge < -0.3 is 14.4 Å². The number of benzene rings is 3. The number of likely N-dealkylation sites (tertiary alicyclic amines) is 1. The van der Waals surface area contributed by atoms with E-state index < -0.39 is 13.9 Å². The van der Waals surface area contributed by atoms with Crippen LogP contribution in [0.4, 0.5) is 0 Å². The molecule has 1 aliphatic rings. The summed E-state index contributed by atoms with van der Waals surface area (Å²) in [6.07, 6.45) is 4.18. The van der Waals surface area contributed by atoms with E-state index in [1.165, 1.54) is 11.1 Å². The van der Waals surface area contributed by atoms with Crippen molar-refractivity contribution < 1.29 is 9.53 Å². The van der Waals surface area contributed by atoms with Crippen LogP contribution in [0, 0.1) is 5.92 Å². The zero-order valence-electron chi connectivity index (χ0n) is 26.9. The number of hydrogen-bond donors (Lipinski definition) is 1. The summed E-state index contributed by atoms with van der Waals surface area (Å²) in [5.41, 5.74) is 3.59. The molecule has 0 aromatic heterocycles. The third-order valence-corrected chi connectivity index (χ3v) is 14.7. The molecule has 42 heavy (non-hydrogen) atoms. The minimum absolute atomic E-state index is 0.0411. The second-order valence-electron chi connectivity index (χ2n) is 14.2. The molecule has 228 valence electrons. The number of nitrogens with zero attached hydrogens (tertiary/aromatic N) is 1. The first-order valence-electron chi connectivity index (χ1n) is 15.7. The second-order valence-corrected chi connectivity index (χ2v) is 21.0. The Kier molecular flexibility index (Phi) is 10.6. The normalized spacial score (nSPS) is 16.9. The molecule has 0 radical (unpaired) electrons. The Balaban J connectivity index is 1.41. The second kappa shape index (κ2) is 13.5. The maximum Gasteiger partial charge on any atom is 0.192 e. The Labute approximate surface area is 265 Å². The van der Waals surface area contributed by atoms with Crippen LogP contribution in [0.2, 0.25) is 18.1 Å². The van der Waals surface area contributed by atoms with Crippen molar-refractivity contribution in [3.05, 3.63) is 107 Å². The number of aliphatic hydroxyl groups is 1. The van der Waals surface area contributed by atoms with Gasteiger partial charge in [-0.15, -0.1) is 0 Å². The van der Waals surface area contributed by atoms with E-state index >= 15 is 0 Å². The lowest BCUT2D eigenvalue weighted by atomic mass is 9.72. The van der Waals surface area contributed by atoms with Crippen molar-refractivity contribution in [3.8, 4) is 0 Å². The van der Waals surface area contributed by atoms with Gasteiger partial charge in [-0.25, -0.2) is 0 Å². The van der Waals surface area contributed by atoms with E-state index in [-0.39, 0.29) is 21.4 Å². The lowest BCUT2D eigenvalue weighted by molar-refractivity contribution is -0.0146. The van der Waals surface area contributed by atoms with E-state index in [0.29, 0.717) is 0 Å². The largest absolute Gasteiger partial charge is 0.410 e. The lowest BCUT2D eigenvalue weighted by Gasteiger charge is -2.42. The number of piperidine rings is 1. The van der Waals surface area contributed by atoms with E-state index in [9.17, 15) is 5.11 Å². The molecule has 1 unspecified atom stereocenters. The number of rotatable bonds is 11. The van der Waals surface area contributed by atoms with Crippen molar-refractivity contribution in [2.24, 2.45) is 5.92 Å². The zero-order valence-corrected chi connectivity index (χ0v) is 29.5. The molecule has 1 N–H and O–H groups in total. The summed E-state index contributed by atoms with van der Waals surface area (Å²) in [6, 6.07) is 29.5. The molecule has 1 heterocycles. The number of alkyl halides is 1. The van der Waals surface area contributed by atoms with Gasteiger partial charge >= 0.3 is 0 Å². The SMILES string of the molecule is CC(C)(Br)c1ccc(C(CCCN2CCC(C(O)(c3ccccc3)c3ccccc3)CC2)O[Si](C)(C)C(C)(C)C)cc1. The molecule has 1 saturated heterocycles. The molecule has 1 aliphatic heterocycles. The average molecular weight is 651 g/mol. The molecular weight excluding hydrogens is 598 g/mol. The smallest absolute Gasteiger partial charge is 0.192 e. The zero-order chi connectivity index (χ0) is 30.6. The van der Waals surface area contributed by atoms with Gasteiger partial charge in [0.05, 0.1) is 6.10 Å². The first-order valence-corrected chi connectivity index (χ1v) is 19.4. The van der Waals surface area contributed by atoms with E-state index in [4.69, 9.17) is 4.43 Å².